The standard InChI is InChI=1S/C15H25N4O5P/c1-5-11-16-13-12(18(11)4)14(20)19(15(21)17-13)9-8-10-25(22,23-6-2)24-7-3/h5-10H2,1-4H3,(H,17,21). The number of rotatable bonds is 9. The van der Waals surface area contributed by atoms with Crippen LogP contribution in [0.1, 0.15) is 33.0 Å². The number of nitrogens with one attached hydrogen (secondary N) is 1. The van der Waals surface area contributed by atoms with Crippen LogP contribution in [0.4, 0.5) is 0 Å². The lowest BCUT2D eigenvalue weighted by Gasteiger charge is -2.16. The molecule has 0 fully saturated rings. The van der Waals surface area contributed by atoms with Gasteiger partial charge in [0.25, 0.3) is 5.56 Å². The molecule has 2 heterocycles. The molecule has 10 heteroatoms. The van der Waals surface area contributed by atoms with Crippen molar-refractivity contribution in [3.8, 4) is 0 Å². The number of H-pyrrole nitrogens is 1. The maximum Gasteiger partial charge on any atom is 0.330 e. The van der Waals surface area contributed by atoms with Gasteiger partial charge in [0.1, 0.15) is 5.82 Å². The van der Waals surface area contributed by atoms with E-state index in [0.29, 0.717) is 24.0 Å². The average Bonchev–Trinajstić information content (AvgIpc) is 2.87. The summed E-state index contributed by atoms with van der Waals surface area (Å²) in [5.74, 6) is 0.720. The van der Waals surface area contributed by atoms with E-state index in [0.717, 1.165) is 10.4 Å². The van der Waals surface area contributed by atoms with E-state index in [9.17, 15) is 14.2 Å². The molecule has 0 saturated heterocycles. The molecular formula is C15H25N4O5P. The average molecular weight is 372 g/mol. The van der Waals surface area contributed by atoms with Crippen LogP contribution in [0.3, 0.4) is 0 Å². The Morgan fingerprint density at radius 1 is 1.16 bits per heavy atom. The molecule has 1 N–H and O–H groups in total. The zero-order valence-electron chi connectivity index (χ0n) is 15.1. The van der Waals surface area contributed by atoms with Crippen LogP contribution in [-0.4, -0.2) is 38.5 Å². The summed E-state index contributed by atoms with van der Waals surface area (Å²) in [6, 6.07) is 0. The van der Waals surface area contributed by atoms with Gasteiger partial charge in [-0.1, -0.05) is 6.92 Å². The summed E-state index contributed by atoms with van der Waals surface area (Å²) in [7, 11) is -1.44. The number of aromatic amines is 1. The van der Waals surface area contributed by atoms with Crippen molar-refractivity contribution in [2.75, 3.05) is 19.4 Å². The number of aryl methyl sites for hydroxylation is 2. The van der Waals surface area contributed by atoms with E-state index in [1.165, 1.54) is 0 Å². The third kappa shape index (κ3) is 4.11. The highest BCUT2D eigenvalue weighted by atomic mass is 31.2. The number of fused-ring (bicyclic) bond motifs is 1. The van der Waals surface area contributed by atoms with Crippen LogP contribution in [-0.2, 0) is 33.6 Å². The summed E-state index contributed by atoms with van der Waals surface area (Å²) in [5, 5.41) is 0. The first-order valence-corrected chi connectivity index (χ1v) is 10.2. The normalized spacial score (nSPS) is 12.2. The van der Waals surface area contributed by atoms with Crippen molar-refractivity contribution >= 4 is 18.8 Å². The molecule has 0 saturated carbocycles. The molecule has 0 unspecified atom stereocenters. The number of nitrogens with zero attached hydrogens (tertiary/aromatic N) is 3. The smallest absolute Gasteiger partial charge is 0.325 e. The minimum atomic E-state index is -3.19. The van der Waals surface area contributed by atoms with Crippen LogP contribution in [0.2, 0.25) is 0 Å². The molecule has 0 aliphatic rings. The molecule has 0 radical (unpaired) electrons. The van der Waals surface area contributed by atoms with Crippen molar-refractivity contribution < 1.29 is 13.6 Å². The van der Waals surface area contributed by atoms with Crippen molar-refractivity contribution in [3.05, 3.63) is 26.7 Å². The molecule has 2 aromatic rings. The molecule has 0 bridgehead atoms. The van der Waals surface area contributed by atoms with Crippen LogP contribution in [0.15, 0.2) is 9.59 Å². The Morgan fingerprint density at radius 2 is 1.80 bits per heavy atom. The third-order valence-electron chi connectivity index (χ3n) is 3.89. The van der Waals surface area contributed by atoms with E-state index in [4.69, 9.17) is 9.05 Å². The first-order chi connectivity index (χ1) is 11.9. The molecule has 0 aliphatic carbocycles. The third-order valence-corrected chi connectivity index (χ3v) is 6.05. The molecule has 0 amide bonds. The molecule has 25 heavy (non-hydrogen) atoms. The fourth-order valence-corrected chi connectivity index (χ4v) is 4.42. The summed E-state index contributed by atoms with van der Waals surface area (Å²) in [6.45, 7) is 6.08. The fourth-order valence-electron chi connectivity index (χ4n) is 2.77. The molecule has 0 aromatic carbocycles. The van der Waals surface area contributed by atoms with Crippen molar-refractivity contribution in [1.29, 1.82) is 0 Å². The Morgan fingerprint density at radius 3 is 2.36 bits per heavy atom. The molecule has 2 rings (SSSR count). The topological polar surface area (TPSA) is 108 Å². The zero-order chi connectivity index (χ0) is 18.6. The van der Waals surface area contributed by atoms with Gasteiger partial charge in [0.05, 0.1) is 19.4 Å². The van der Waals surface area contributed by atoms with Crippen LogP contribution in [0.25, 0.3) is 11.2 Å². The van der Waals surface area contributed by atoms with Crippen molar-refractivity contribution in [3.63, 3.8) is 0 Å². The highest BCUT2D eigenvalue weighted by Crippen LogP contribution is 2.48. The maximum atomic E-state index is 12.7. The van der Waals surface area contributed by atoms with E-state index in [1.54, 1.807) is 25.5 Å². The number of imidazole rings is 1. The van der Waals surface area contributed by atoms with Gasteiger partial charge in [0, 0.05) is 20.0 Å². The van der Waals surface area contributed by atoms with E-state index >= 15 is 0 Å². The first kappa shape index (κ1) is 19.6. The summed E-state index contributed by atoms with van der Waals surface area (Å²) >= 11 is 0. The van der Waals surface area contributed by atoms with Gasteiger partial charge in [-0.2, -0.15) is 0 Å². The summed E-state index contributed by atoms with van der Waals surface area (Å²) in [4.78, 5) is 31.8. The van der Waals surface area contributed by atoms with Crippen LogP contribution in [0.5, 0.6) is 0 Å². The van der Waals surface area contributed by atoms with Crippen LogP contribution in [0, 0.1) is 0 Å². The van der Waals surface area contributed by atoms with Crippen molar-refractivity contribution in [2.24, 2.45) is 7.05 Å². The van der Waals surface area contributed by atoms with Crippen molar-refractivity contribution in [2.45, 2.75) is 40.2 Å². The SMILES string of the molecule is CCOP(=O)(CCCn1c(=O)[nH]c2nc(CC)n(C)c2c1=O)OCC. The second kappa shape index (κ2) is 8.12. The van der Waals surface area contributed by atoms with Crippen molar-refractivity contribution in [1.82, 2.24) is 19.1 Å². The largest absolute Gasteiger partial charge is 0.330 e. The van der Waals surface area contributed by atoms with E-state index in [1.807, 2.05) is 6.92 Å². The molecule has 140 valence electrons. The Labute approximate surface area is 145 Å². The quantitative estimate of drug-likeness (QED) is 0.671. The minimum Gasteiger partial charge on any atom is -0.325 e. The maximum absolute atomic E-state index is 12.7. The van der Waals surface area contributed by atoms with Gasteiger partial charge in [-0.3, -0.25) is 18.9 Å². The number of aromatic nitrogens is 4. The molecule has 0 spiro atoms. The predicted molar refractivity (Wildman–Crippen MR) is 95.3 cm³/mol. The van der Waals surface area contributed by atoms with Gasteiger partial charge in [-0.15, -0.1) is 0 Å². The van der Waals surface area contributed by atoms with Gasteiger partial charge in [-0.05, 0) is 20.3 Å². The van der Waals surface area contributed by atoms with Gasteiger partial charge in [-0.25, -0.2) is 9.78 Å². The van der Waals surface area contributed by atoms with E-state index < -0.39 is 18.8 Å². The second-order valence-corrected chi connectivity index (χ2v) is 7.73. The molecule has 2 aromatic heterocycles. The lowest BCUT2D eigenvalue weighted by atomic mass is 10.4. The minimum absolute atomic E-state index is 0.126. The lowest BCUT2D eigenvalue weighted by Crippen LogP contribution is -2.36. The Kier molecular flexibility index (Phi) is 6.37. The van der Waals surface area contributed by atoms with Gasteiger partial charge < -0.3 is 13.6 Å². The molecule has 9 nitrogen and oxygen atoms in total. The lowest BCUT2D eigenvalue weighted by molar-refractivity contribution is 0.219. The van der Waals surface area contributed by atoms with Gasteiger partial charge in [0.15, 0.2) is 11.2 Å². The Hall–Kier alpha value is -1.70. The highest BCUT2D eigenvalue weighted by molar-refractivity contribution is 7.53. The Balaban J connectivity index is 2.27. The monoisotopic (exact) mass is 372 g/mol. The summed E-state index contributed by atoms with van der Waals surface area (Å²) in [6.07, 6.45) is 1.12. The Bertz CT molecular complexity index is 888. The molecule has 0 atom stereocenters. The predicted octanol–water partition coefficient (Wildman–Crippen LogP) is 1.64. The van der Waals surface area contributed by atoms with E-state index in [-0.39, 0.29) is 25.9 Å². The fraction of sp³-hybridized carbons (Fsp3) is 0.667. The van der Waals surface area contributed by atoms with Crippen LogP contribution < -0.4 is 11.2 Å². The zero-order valence-corrected chi connectivity index (χ0v) is 16.0. The summed E-state index contributed by atoms with van der Waals surface area (Å²) in [5.41, 5.74) is -0.286. The molecule has 0 aliphatic heterocycles. The molecular weight excluding hydrogens is 347 g/mol. The van der Waals surface area contributed by atoms with E-state index in [2.05, 4.69) is 9.97 Å². The highest BCUT2D eigenvalue weighted by Gasteiger charge is 2.23. The number of hydrogen-bond donors (Lipinski definition) is 1. The second-order valence-electron chi connectivity index (χ2n) is 5.55. The van der Waals surface area contributed by atoms with Gasteiger partial charge >= 0.3 is 13.3 Å². The van der Waals surface area contributed by atoms with Gasteiger partial charge in [0.2, 0.25) is 0 Å². The summed E-state index contributed by atoms with van der Waals surface area (Å²) < 4.78 is 25.7. The first-order valence-electron chi connectivity index (χ1n) is 8.43. The number of hydrogen-bond acceptors (Lipinski definition) is 6. The van der Waals surface area contributed by atoms with Crippen LogP contribution >= 0.6 is 7.60 Å².